The third kappa shape index (κ3) is 4.62. The number of nitrogens with zero attached hydrogens (tertiary/aromatic N) is 4. The van der Waals surface area contributed by atoms with E-state index in [4.69, 9.17) is 4.74 Å². The van der Waals surface area contributed by atoms with E-state index in [-0.39, 0.29) is 24.4 Å². The quantitative estimate of drug-likeness (QED) is 0.545. The van der Waals surface area contributed by atoms with E-state index >= 15 is 0 Å². The largest absolute Gasteiger partial charge is 0.494 e. The van der Waals surface area contributed by atoms with E-state index in [1.165, 1.54) is 16.9 Å². The summed E-state index contributed by atoms with van der Waals surface area (Å²) in [6.07, 6.45) is 7.56. The molecule has 33 heavy (non-hydrogen) atoms. The molecule has 2 aromatic heterocycles. The molecule has 1 fully saturated rings. The lowest BCUT2D eigenvalue weighted by Gasteiger charge is -2.37. The summed E-state index contributed by atoms with van der Waals surface area (Å²) in [5, 5.41) is 1.92. The molecule has 8 heteroatoms. The Balaban J connectivity index is 1.43. The minimum Gasteiger partial charge on any atom is -0.494 e. The number of piperidine rings is 1. The predicted octanol–water partition coefficient (Wildman–Crippen LogP) is 3.94. The van der Waals surface area contributed by atoms with Crippen LogP contribution in [0.3, 0.4) is 0 Å². The number of fused-ring (bicyclic) bond motifs is 4. The van der Waals surface area contributed by atoms with Crippen molar-refractivity contribution >= 4 is 28.1 Å². The number of ether oxygens (including phenoxy) is 1. The highest BCUT2D eigenvalue weighted by Crippen LogP contribution is 2.24. The van der Waals surface area contributed by atoms with Gasteiger partial charge in [-0.05, 0) is 63.1 Å². The summed E-state index contributed by atoms with van der Waals surface area (Å²) >= 11 is 1.50. The molecule has 5 rings (SSSR count). The van der Waals surface area contributed by atoms with Gasteiger partial charge in [-0.1, -0.05) is 12.1 Å². The van der Waals surface area contributed by atoms with Crippen molar-refractivity contribution in [1.82, 2.24) is 19.2 Å². The second-order valence-electron chi connectivity index (χ2n) is 8.95. The standard InChI is InChI=1S/C25H30N4O3S/c1-18-23(29-13-15-33-25(29)26-18)24(31)27-11-5-14-32-21-8-4-6-19(16-21)9-10-20-7-2-3-12-28(20)22(30)17-27/h4,6,8,13,15-16,20H,2-3,5,7,9-12,14,17H2,1H3. The average Bonchev–Trinajstić information content (AvgIpc) is 3.39. The zero-order valence-corrected chi connectivity index (χ0v) is 19.9. The Morgan fingerprint density at radius 2 is 2.09 bits per heavy atom. The Kier molecular flexibility index (Phi) is 6.35. The summed E-state index contributed by atoms with van der Waals surface area (Å²) in [6.45, 7) is 3.68. The molecule has 1 atom stereocenters. The van der Waals surface area contributed by atoms with Crippen LogP contribution in [0.25, 0.3) is 4.96 Å². The summed E-state index contributed by atoms with van der Waals surface area (Å²) in [5.74, 6) is 0.767. The van der Waals surface area contributed by atoms with Gasteiger partial charge >= 0.3 is 0 Å². The van der Waals surface area contributed by atoms with Gasteiger partial charge in [-0.15, -0.1) is 11.3 Å². The zero-order chi connectivity index (χ0) is 22.8. The van der Waals surface area contributed by atoms with E-state index in [9.17, 15) is 9.59 Å². The fourth-order valence-corrected chi connectivity index (χ4v) is 5.77. The molecule has 0 radical (unpaired) electrons. The lowest BCUT2D eigenvalue weighted by Crippen LogP contribution is -2.49. The van der Waals surface area contributed by atoms with Gasteiger partial charge in [0, 0.05) is 30.7 Å². The number of benzene rings is 1. The van der Waals surface area contributed by atoms with Gasteiger partial charge in [0.05, 0.1) is 12.3 Å². The molecule has 0 saturated carbocycles. The first-order valence-corrected chi connectivity index (χ1v) is 12.7. The lowest BCUT2D eigenvalue weighted by atomic mass is 9.95. The summed E-state index contributed by atoms with van der Waals surface area (Å²) < 4.78 is 7.81. The van der Waals surface area contributed by atoms with E-state index in [0.717, 1.165) is 49.4 Å². The molecule has 2 aliphatic heterocycles. The highest BCUT2D eigenvalue weighted by Gasteiger charge is 2.30. The molecule has 2 amide bonds. The van der Waals surface area contributed by atoms with Crippen molar-refractivity contribution in [2.24, 2.45) is 0 Å². The number of carbonyl (C=O) groups is 2. The van der Waals surface area contributed by atoms with Gasteiger partial charge in [0.1, 0.15) is 18.0 Å². The van der Waals surface area contributed by atoms with Gasteiger partial charge in [0.25, 0.3) is 5.91 Å². The number of hydrogen-bond donors (Lipinski definition) is 0. The highest BCUT2D eigenvalue weighted by atomic mass is 32.1. The molecule has 1 unspecified atom stereocenters. The number of hydrogen-bond acceptors (Lipinski definition) is 5. The molecule has 0 N–H and O–H groups in total. The van der Waals surface area contributed by atoms with Crippen LogP contribution >= 0.6 is 11.3 Å². The van der Waals surface area contributed by atoms with E-state index in [1.54, 1.807) is 4.90 Å². The van der Waals surface area contributed by atoms with Crippen molar-refractivity contribution in [2.45, 2.75) is 51.5 Å². The Morgan fingerprint density at radius 3 is 3.00 bits per heavy atom. The smallest absolute Gasteiger partial charge is 0.273 e. The van der Waals surface area contributed by atoms with Crippen molar-refractivity contribution in [1.29, 1.82) is 0 Å². The van der Waals surface area contributed by atoms with Gasteiger partial charge < -0.3 is 14.5 Å². The van der Waals surface area contributed by atoms with Crippen LogP contribution in [0.5, 0.6) is 5.75 Å². The Hall–Kier alpha value is -2.87. The Bertz CT molecular complexity index is 1150. The van der Waals surface area contributed by atoms with Gasteiger partial charge in [-0.25, -0.2) is 4.98 Å². The van der Waals surface area contributed by atoms with Crippen LogP contribution in [0.2, 0.25) is 0 Å². The van der Waals surface area contributed by atoms with Crippen molar-refractivity contribution in [3.8, 4) is 5.75 Å². The second-order valence-corrected chi connectivity index (χ2v) is 9.83. The maximum absolute atomic E-state index is 13.6. The first-order chi connectivity index (χ1) is 16.1. The maximum atomic E-state index is 13.6. The number of rotatable bonds is 1. The van der Waals surface area contributed by atoms with Gasteiger partial charge in [-0.3, -0.25) is 14.0 Å². The average molecular weight is 467 g/mol. The number of carbonyl (C=O) groups excluding carboxylic acids is 2. The summed E-state index contributed by atoms with van der Waals surface area (Å²) in [5.41, 5.74) is 2.49. The van der Waals surface area contributed by atoms with Crippen molar-refractivity contribution in [2.75, 3.05) is 26.2 Å². The van der Waals surface area contributed by atoms with E-state index < -0.39 is 0 Å². The first kappa shape index (κ1) is 21.9. The van der Waals surface area contributed by atoms with Crippen LogP contribution in [-0.2, 0) is 11.2 Å². The molecule has 3 aromatic rings. The summed E-state index contributed by atoms with van der Waals surface area (Å²) in [4.78, 5) is 36.1. The number of amides is 2. The summed E-state index contributed by atoms with van der Waals surface area (Å²) in [6, 6.07) is 8.47. The van der Waals surface area contributed by atoms with Crippen LogP contribution in [0.15, 0.2) is 35.8 Å². The molecule has 0 aliphatic carbocycles. The minimum atomic E-state index is -0.144. The molecular formula is C25H30N4O3S. The molecule has 1 saturated heterocycles. The van der Waals surface area contributed by atoms with Crippen molar-refractivity contribution in [3.05, 3.63) is 52.8 Å². The van der Waals surface area contributed by atoms with Crippen molar-refractivity contribution in [3.63, 3.8) is 0 Å². The van der Waals surface area contributed by atoms with Crippen LogP contribution in [0.1, 0.15) is 53.8 Å². The summed E-state index contributed by atoms with van der Waals surface area (Å²) in [7, 11) is 0. The molecule has 2 bridgehead atoms. The predicted molar refractivity (Wildman–Crippen MR) is 128 cm³/mol. The van der Waals surface area contributed by atoms with Crippen LogP contribution in [0, 0.1) is 6.92 Å². The Labute approximate surface area is 198 Å². The van der Waals surface area contributed by atoms with Crippen LogP contribution < -0.4 is 4.74 Å². The van der Waals surface area contributed by atoms with Gasteiger partial charge in [0.15, 0.2) is 4.96 Å². The number of aryl methyl sites for hydroxylation is 2. The van der Waals surface area contributed by atoms with E-state index in [1.807, 2.05) is 39.9 Å². The molecule has 2 aliphatic rings. The normalized spacial score (nSPS) is 20.3. The van der Waals surface area contributed by atoms with E-state index in [0.29, 0.717) is 31.0 Å². The highest BCUT2D eigenvalue weighted by molar-refractivity contribution is 7.15. The SMILES string of the molecule is Cc1nc2sccn2c1C(=O)N1CCCOc2cccc(c2)CCC2CCCCN2C(=O)C1. The minimum absolute atomic E-state index is 0.0449. The molecule has 174 valence electrons. The molecule has 1 aromatic carbocycles. The third-order valence-corrected chi connectivity index (χ3v) is 7.46. The molecule has 7 nitrogen and oxygen atoms in total. The first-order valence-electron chi connectivity index (χ1n) is 11.8. The number of imidazole rings is 1. The molecular weight excluding hydrogens is 436 g/mol. The third-order valence-electron chi connectivity index (χ3n) is 6.71. The van der Waals surface area contributed by atoms with Crippen LogP contribution in [-0.4, -0.2) is 63.3 Å². The van der Waals surface area contributed by atoms with Gasteiger partial charge in [-0.2, -0.15) is 0 Å². The zero-order valence-electron chi connectivity index (χ0n) is 19.0. The van der Waals surface area contributed by atoms with Crippen LogP contribution in [0.4, 0.5) is 0 Å². The second kappa shape index (κ2) is 9.55. The molecule has 0 spiro atoms. The molecule has 4 heterocycles. The fourth-order valence-electron chi connectivity index (χ4n) is 5.01. The monoisotopic (exact) mass is 466 g/mol. The number of thiazole rings is 1. The maximum Gasteiger partial charge on any atom is 0.273 e. The topological polar surface area (TPSA) is 67.2 Å². The van der Waals surface area contributed by atoms with Crippen molar-refractivity contribution < 1.29 is 14.3 Å². The Morgan fingerprint density at radius 1 is 1.18 bits per heavy atom. The lowest BCUT2D eigenvalue weighted by molar-refractivity contribution is -0.135. The van der Waals surface area contributed by atoms with E-state index in [2.05, 4.69) is 17.1 Å². The fraction of sp³-hybridized carbons (Fsp3) is 0.480. The van der Waals surface area contributed by atoms with Gasteiger partial charge in [0.2, 0.25) is 5.91 Å². The number of aromatic nitrogens is 2.